The van der Waals surface area contributed by atoms with E-state index in [-0.39, 0.29) is 216 Å². The van der Waals surface area contributed by atoms with Crippen LogP contribution in [0.3, 0.4) is 0 Å². The smallest absolute Gasteiger partial charge is 0.278 e. The maximum Gasteiger partial charge on any atom is -0.278 e. The quantitative estimate of drug-likeness (QED) is 0.0912. The van der Waals surface area contributed by atoms with Crippen molar-refractivity contribution in [1.82, 2.24) is 0 Å². The maximum atomic E-state index is 8.42. The van der Waals surface area contributed by atoms with Crippen molar-refractivity contribution in [2.45, 2.75) is 62.3 Å². The van der Waals surface area contributed by atoms with E-state index in [1.165, 1.54) is 39.8 Å². The normalized spacial score (nSPS) is 12.0. The third-order valence-corrected chi connectivity index (χ3v) is 50.4. The molecule has 0 radical (unpaired) electrons. The monoisotopic (exact) mass is 1940 g/mol. The number of alkyl halides is 12. The molecular weight excluding hydrogens is 1880 g/mol. The summed E-state index contributed by atoms with van der Waals surface area (Å²) in [6.45, 7) is 20.7. The van der Waals surface area contributed by atoms with Gasteiger partial charge in [-0.05, 0) is 0 Å². The van der Waals surface area contributed by atoms with Crippen LogP contribution in [0.2, 0.25) is 0 Å². The molecule has 0 saturated heterocycles. The van der Waals surface area contributed by atoms with Gasteiger partial charge >= 0.3 is 181 Å². The Balaban J connectivity index is -0.0000000210. The summed E-state index contributed by atoms with van der Waals surface area (Å²) in [5, 5.41) is 25.2. The van der Waals surface area contributed by atoms with Crippen LogP contribution in [0.1, 0.15) is 62.3 Å². The average Bonchev–Trinajstić information content (AvgIpc) is 2.75. The molecule has 0 aromatic rings. The van der Waals surface area contributed by atoms with Crippen LogP contribution in [0.4, 0.5) is 0 Å². The molecule has 0 aliphatic heterocycles. The first-order chi connectivity index (χ1) is 13.6. The van der Waals surface area contributed by atoms with E-state index in [0.717, 1.165) is 0 Å². The third kappa shape index (κ3) is 48.7. The predicted molar refractivity (Wildman–Crippen MR) is 169 cm³/mol. The van der Waals surface area contributed by atoms with Crippen LogP contribution in [-0.2, 0) is 0 Å². The molecular formula is C21H63BI12N3O3-9. The number of hydrogen-bond donors (Lipinski definition) is 3. The fourth-order valence-electron chi connectivity index (χ4n) is 1.70. The summed E-state index contributed by atoms with van der Waals surface area (Å²) in [4.78, 5) is 7.35. The van der Waals surface area contributed by atoms with Crippen LogP contribution in [0.5, 0.6) is 0 Å². The van der Waals surface area contributed by atoms with Crippen molar-refractivity contribution >= 4 is 59.3 Å². The molecule has 0 aliphatic carbocycles. The number of halogens is 12. The molecule has 0 unspecified atom stereocenters. The third-order valence-electron chi connectivity index (χ3n) is 7.51. The van der Waals surface area contributed by atoms with E-state index in [2.05, 4.69) is 88.9 Å². The topological polar surface area (TPSA) is 152 Å². The van der Waals surface area contributed by atoms with Gasteiger partial charge in [0.25, 0.3) is 0 Å². The molecule has 0 amide bonds. The molecule has 0 bridgehead atoms. The van der Waals surface area contributed by atoms with Crippen LogP contribution in [0, 0.1) is 0 Å². The Morgan fingerprint density at radius 1 is 0.350 bits per heavy atom. The van der Waals surface area contributed by atoms with Crippen molar-refractivity contribution in [1.29, 1.82) is 0 Å². The van der Waals surface area contributed by atoms with Crippen molar-refractivity contribution in [3.63, 3.8) is 0 Å². The van der Waals surface area contributed by atoms with Gasteiger partial charge in [0.2, 0.25) is 0 Å². The summed E-state index contributed by atoms with van der Waals surface area (Å²) < 4.78 is 25.6. The van der Waals surface area contributed by atoms with Gasteiger partial charge in [-0.15, -0.1) is 0 Å². The molecule has 0 aromatic heterocycles. The zero-order chi connectivity index (χ0) is 26.3. The minimum atomic E-state index is -2.92. The molecule has 9 N–H and O–H groups in total. The predicted octanol–water partition coefficient (Wildman–Crippen LogP) is -26.7. The van der Waals surface area contributed by atoms with Crippen LogP contribution in [-0.4, -0.2) is 62.0 Å². The Morgan fingerprint density at radius 2 is 0.400 bits per heavy atom. The molecule has 40 heavy (non-hydrogen) atoms. The van der Waals surface area contributed by atoms with Crippen molar-refractivity contribution in [2.75, 3.05) is 54.6 Å². The Kier molecular flexibility index (Phi) is 87.7. The summed E-state index contributed by atoms with van der Waals surface area (Å²) >= 11 is -5.84. The van der Waals surface area contributed by atoms with E-state index in [0.29, 0.717) is 0 Å². The average molecular weight is 1940 g/mol. The van der Waals surface area contributed by atoms with Gasteiger partial charge < -0.3 is 231 Å². The van der Waals surface area contributed by atoms with Crippen LogP contribution in [0.15, 0.2) is 0 Å². The SMILES string of the molecule is CCI(C)([NH3+])(CC)CC.CCI(C)([NH3+])(CC)CC.CCI(C)([NH3+])(CC)CC.[I-].[I-].[I-].[I-].[I-].[I-].[I-].[I-].[I-].[O-]B([O-])[O-]. The fraction of sp³-hybridized carbons (Fsp3) is 1.00. The summed E-state index contributed by atoms with van der Waals surface area (Å²) in [6, 6.07) is 0. The maximum absolute atomic E-state index is 8.42. The minimum Gasteiger partial charge on any atom is -1.00 e. The first kappa shape index (κ1) is 86.9. The van der Waals surface area contributed by atoms with Gasteiger partial charge in [0.1, 0.15) is 0 Å². The van der Waals surface area contributed by atoms with Gasteiger partial charge in [-0.25, -0.2) is 0 Å². The Morgan fingerprint density at radius 3 is 0.400 bits per heavy atom. The van der Waals surface area contributed by atoms with E-state index in [4.69, 9.17) is 15.1 Å². The molecule has 276 valence electrons. The zero-order valence-electron chi connectivity index (χ0n) is 26.8. The minimum absolute atomic E-state index is 0. The Hall–Kier alpha value is 8.58. The van der Waals surface area contributed by atoms with Gasteiger partial charge in [0.05, 0.1) is 0 Å². The van der Waals surface area contributed by atoms with E-state index in [1.54, 1.807) is 0 Å². The van der Waals surface area contributed by atoms with Gasteiger partial charge in [-0.2, -0.15) is 0 Å². The van der Waals surface area contributed by atoms with Gasteiger partial charge in [-0.1, -0.05) is 0 Å². The van der Waals surface area contributed by atoms with E-state index in [1.807, 2.05) is 0 Å². The molecule has 6 nitrogen and oxygen atoms in total. The first-order valence-electron chi connectivity index (χ1n) is 11.4. The number of quaternary nitrogens is 3. The second kappa shape index (κ2) is 40.4. The summed E-state index contributed by atoms with van der Waals surface area (Å²) in [6.07, 6.45) is 0. The standard InChI is InChI=1S/3C7H20IN.BO3.9HI/c3*1-5-8(4,9,6-2)7-3;2-1(3)4;;;;;;;;;/h3*5-7,9H2,1-4H3;;9*1H/q;;;-3;;;;;;;;;/p-6. The van der Waals surface area contributed by atoms with Crippen LogP contribution in [0.25, 0.3) is 0 Å². The van der Waals surface area contributed by atoms with Crippen LogP contribution < -0.4 is 243 Å². The van der Waals surface area contributed by atoms with Crippen molar-refractivity contribution in [3.8, 4) is 0 Å². The molecule has 19 heteroatoms. The summed E-state index contributed by atoms with van der Waals surface area (Å²) in [5.74, 6) is 0. The van der Waals surface area contributed by atoms with Crippen molar-refractivity contribution in [3.05, 3.63) is 0 Å². The molecule has 0 aliphatic rings. The summed E-state index contributed by atoms with van der Waals surface area (Å²) in [5.41, 5.74) is 0. The van der Waals surface area contributed by atoms with Crippen molar-refractivity contribution in [2.24, 2.45) is 0 Å². The van der Waals surface area contributed by atoms with Gasteiger partial charge in [0.15, 0.2) is 0 Å². The number of hydrogen-bond acceptors (Lipinski definition) is 3. The largest absolute Gasteiger partial charge is 1.00 e. The summed E-state index contributed by atoms with van der Waals surface area (Å²) in [7, 11) is -2.92. The molecule has 0 heterocycles. The zero-order valence-corrected chi connectivity index (χ0v) is 52.7. The van der Waals surface area contributed by atoms with E-state index < -0.39 is 59.3 Å². The van der Waals surface area contributed by atoms with Crippen molar-refractivity contribution < 1.29 is 243 Å². The van der Waals surface area contributed by atoms with E-state index in [9.17, 15) is 0 Å². The molecule has 0 saturated carbocycles. The van der Waals surface area contributed by atoms with E-state index >= 15 is 0 Å². The first-order valence-corrected chi connectivity index (χ1v) is 36.2. The second-order valence-electron chi connectivity index (χ2n) is 9.30. The van der Waals surface area contributed by atoms with Gasteiger partial charge in [-0.3, -0.25) is 7.32 Å². The molecule has 0 atom stereocenters. The van der Waals surface area contributed by atoms with Gasteiger partial charge in [0, 0.05) is 0 Å². The Labute approximate surface area is 409 Å². The second-order valence-corrected chi connectivity index (χ2v) is 60.8. The van der Waals surface area contributed by atoms with Crippen LogP contribution >= 0.6 is 52.0 Å². The molecule has 0 spiro atoms. The fourth-order valence-corrected chi connectivity index (χ4v) is 11.4. The molecule has 0 aromatic carbocycles. The number of rotatable bonds is 9. The molecule has 0 fully saturated rings. The molecule has 0 rings (SSSR count). The Bertz CT molecular complexity index is 379.